The van der Waals surface area contributed by atoms with Gasteiger partial charge < -0.3 is 10.4 Å². The van der Waals surface area contributed by atoms with Crippen LogP contribution in [0.3, 0.4) is 0 Å². The molecule has 0 saturated carbocycles. The van der Waals surface area contributed by atoms with Crippen molar-refractivity contribution in [1.29, 1.82) is 0 Å². The van der Waals surface area contributed by atoms with E-state index in [0.29, 0.717) is 27.5 Å². The molecular formula is C18H15Cl2N3O4S. The van der Waals surface area contributed by atoms with E-state index in [-0.39, 0.29) is 15.3 Å². The summed E-state index contributed by atoms with van der Waals surface area (Å²) in [4.78, 5) is 41.7. The average molecular weight is 440 g/mol. The highest BCUT2D eigenvalue weighted by atomic mass is 35.5. The summed E-state index contributed by atoms with van der Waals surface area (Å²) in [6.45, 7) is 3.32. The molecule has 7 nitrogen and oxygen atoms in total. The van der Waals surface area contributed by atoms with Gasteiger partial charge in [0, 0.05) is 5.02 Å². The van der Waals surface area contributed by atoms with Crippen molar-refractivity contribution in [1.82, 2.24) is 9.55 Å². The maximum absolute atomic E-state index is 13.0. The first kappa shape index (κ1) is 20.3. The molecule has 0 aliphatic rings. The molecule has 1 aromatic carbocycles. The van der Waals surface area contributed by atoms with Crippen molar-refractivity contribution in [3.05, 3.63) is 55.4 Å². The highest BCUT2D eigenvalue weighted by Gasteiger charge is 2.24. The van der Waals surface area contributed by atoms with E-state index < -0.39 is 23.5 Å². The van der Waals surface area contributed by atoms with Crippen molar-refractivity contribution in [3.8, 4) is 0 Å². The van der Waals surface area contributed by atoms with Gasteiger partial charge in [-0.15, -0.1) is 11.3 Å². The molecule has 0 aliphatic carbocycles. The molecule has 0 saturated heterocycles. The lowest BCUT2D eigenvalue weighted by Crippen LogP contribution is -2.33. The number of benzene rings is 1. The summed E-state index contributed by atoms with van der Waals surface area (Å²) < 4.78 is 1.22. The van der Waals surface area contributed by atoms with Crippen molar-refractivity contribution in [2.24, 2.45) is 0 Å². The van der Waals surface area contributed by atoms with E-state index in [4.69, 9.17) is 23.2 Å². The van der Waals surface area contributed by atoms with Gasteiger partial charge in [-0.25, -0.2) is 9.78 Å². The molecular weight excluding hydrogens is 425 g/mol. The van der Waals surface area contributed by atoms with Gasteiger partial charge in [-0.05, 0) is 37.1 Å². The number of carboxylic acid groups (broad SMARTS) is 1. The van der Waals surface area contributed by atoms with E-state index in [0.717, 1.165) is 11.3 Å². The number of anilines is 1. The van der Waals surface area contributed by atoms with Crippen LogP contribution in [-0.4, -0.2) is 26.5 Å². The highest BCUT2D eigenvalue weighted by Crippen LogP contribution is 2.28. The van der Waals surface area contributed by atoms with Crippen LogP contribution >= 0.6 is 34.5 Å². The van der Waals surface area contributed by atoms with Crippen LogP contribution in [0.15, 0.2) is 29.3 Å². The molecule has 1 amide bonds. The Kier molecular flexibility index (Phi) is 5.74. The number of rotatable bonds is 5. The molecule has 0 radical (unpaired) electrons. The third-order valence-electron chi connectivity index (χ3n) is 4.28. The maximum atomic E-state index is 13.0. The summed E-state index contributed by atoms with van der Waals surface area (Å²) >= 11 is 12.9. The SMILES string of the molecule is CCC(C(=O)Nc1ccc(Cl)cc1Cl)n1cnc2sc(C(=O)O)c(C)c2c1=O. The first-order valence-corrected chi connectivity index (χ1v) is 9.81. The summed E-state index contributed by atoms with van der Waals surface area (Å²) in [5, 5.41) is 12.9. The number of nitrogens with zero attached hydrogens (tertiary/aromatic N) is 2. The van der Waals surface area contributed by atoms with Gasteiger partial charge in [0.2, 0.25) is 5.91 Å². The minimum absolute atomic E-state index is 0.0581. The van der Waals surface area contributed by atoms with Crippen molar-refractivity contribution in [2.45, 2.75) is 26.3 Å². The van der Waals surface area contributed by atoms with Crippen molar-refractivity contribution in [3.63, 3.8) is 0 Å². The average Bonchev–Trinajstić information content (AvgIpc) is 2.97. The van der Waals surface area contributed by atoms with E-state index in [1.165, 1.54) is 17.0 Å². The van der Waals surface area contributed by atoms with Crippen LogP contribution in [0, 0.1) is 6.92 Å². The molecule has 3 aromatic rings. The zero-order chi connectivity index (χ0) is 20.6. The number of carbonyl (C=O) groups excluding carboxylic acids is 1. The Morgan fingerprint density at radius 1 is 1.36 bits per heavy atom. The largest absolute Gasteiger partial charge is 0.477 e. The number of fused-ring (bicyclic) bond motifs is 1. The van der Waals surface area contributed by atoms with Crippen molar-refractivity contribution in [2.75, 3.05) is 5.32 Å². The molecule has 1 unspecified atom stereocenters. The normalized spacial score (nSPS) is 12.1. The molecule has 0 bridgehead atoms. The van der Waals surface area contributed by atoms with Crippen LogP contribution in [-0.2, 0) is 4.79 Å². The van der Waals surface area contributed by atoms with E-state index in [9.17, 15) is 19.5 Å². The number of thiophene rings is 1. The smallest absolute Gasteiger partial charge is 0.346 e. The standard InChI is InChI=1S/C18H15Cl2N3O4S/c1-3-12(15(24)22-11-5-4-9(19)6-10(11)20)23-7-21-16-13(17(23)25)8(2)14(28-16)18(26)27/h4-7,12H,3H2,1-2H3,(H,22,24)(H,26,27). The Labute approximate surface area is 173 Å². The van der Waals surface area contributed by atoms with Gasteiger partial charge in [-0.2, -0.15) is 0 Å². The van der Waals surface area contributed by atoms with Gasteiger partial charge in [-0.3, -0.25) is 14.2 Å². The zero-order valence-electron chi connectivity index (χ0n) is 14.8. The molecule has 3 rings (SSSR count). The molecule has 2 heterocycles. The van der Waals surface area contributed by atoms with Crippen LogP contribution in [0.25, 0.3) is 10.2 Å². The first-order valence-electron chi connectivity index (χ1n) is 8.24. The number of carbonyl (C=O) groups is 2. The number of nitrogens with one attached hydrogen (secondary N) is 1. The lowest BCUT2D eigenvalue weighted by molar-refractivity contribution is -0.119. The fourth-order valence-corrected chi connectivity index (χ4v) is 4.31. The summed E-state index contributed by atoms with van der Waals surface area (Å²) in [6, 6.07) is 3.82. The summed E-state index contributed by atoms with van der Waals surface area (Å²) in [5.41, 5.74) is 0.252. The van der Waals surface area contributed by atoms with Crippen LogP contribution in [0.1, 0.15) is 34.6 Å². The van der Waals surface area contributed by atoms with Gasteiger partial charge in [0.15, 0.2) is 0 Å². The summed E-state index contributed by atoms with van der Waals surface area (Å²) in [6.07, 6.45) is 1.59. The van der Waals surface area contributed by atoms with Gasteiger partial charge in [-0.1, -0.05) is 30.1 Å². The molecule has 10 heteroatoms. The Morgan fingerprint density at radius 2 is 2.07 bits per heavy atom. The van der Waals surface area contributed by atoms with Crippen LogP contribution in [0.4, 0.5) is 5.69 Å². The molecule has 0 aliphatic heterocycles. The second-order valence-corrected chi connectivity index (χ2v) is 7.88. The molecule has 2 aromatic heterocycles. The van der Waals surface area contributed by atoms with Crippen LogP contribution in [0.2, 0.25) is 10.0 Å². The van der Waals surface area contributed by atoms with E-state index >= 15 is 0 Å². The number of hydrogen-bond donors (Lipinski definition) is 2. The Balaban J connectivity index is 2.02. The van der Waals surface area contributed by atoms with Gasteiger partial charge in [0.25, 0.3) is 5.56 Å². The second-order valence-electron chi connectivity index (χ2n) is 6.04. The van der Waals surface area contributed by atoms with E-state index in [2.05, 4.69) is 10.3 Å². The third-order valence-corrected chi connectivity index (χ3v) is 6.02. The molecule has 146 valence electrons. The number of aromatic nitrogens is 2. The predicted octanol–water partition coefficient (Wildman–Crippen LogP) is 4.36. The number of amides is 1. The predicted molar refractivity (Wildman–Crippen MR) is 110 cm³/mol. The third kappa shape index (κ3) is 3.63. The maximum Gasteiger partial charge on any atom is 0.346 e. The fourth-order valence-electron chi connectivity index (χ4n) is 2.88. The van der Waals surface area contributed by atoms with Gasteiger partial charge in [0.05, 0.1) is 22.4 Å². The minimum Gasteiger partial charge on any atom is -0.477 e. The minimum atomic E-state index is -1.12. The Hall–Kier alpha value is -2.42. The summed E-state index contributed by atoms with van der Waals surface area (Å²) in [7, 11) is 0. The van der Waals surface area contributed by atoms with Gasteiger partial charge >= 0.3 is 5.97 Å². The Bertz CT molecular complexity index is 1160. The quantitative estimate of drug-likeness (QED) is 0.614. The number of aromatic carboxylic acids is 1. The molecule has 0 fully saturated rings. The summed E-state index contributed by atoms with van der Waals surface area (Å²) in [5.74, 6) is -1.56. The zero-order valence-corrected chi connectivity index (χ0v) is 17.2. The second kappa shape index (κ2) is 7.90. The molecule has 1 atom stereocenters. The monoisotopic (exact) mass is 439 g/mol. The van der Waals surface area contributed by atoms with Crippen LogP contribution < -0.4 is 10.9 Å². The van der Waals surface area contributed by atoms with Gasteiger partial charge in [0.1, 0.15) is 15.7 Å². The lowest BCUT2D eigenvalue weighted by Gasteiger charge is -2.18. The van der Waals surface area contributed by atoms with Crippen molar-refractivity contribution < 1.29 is 14.7 Å². The fraction of sp³-hybridized carbons (Fsp3) is 0.222. The number of hydrogen-bond acceptors (Lipinski definition) is 5. The topological polar surface area (TPSA) is 101 Å². The van der Waals surface area contributed by atoms with E-state index in [1.54, 1.807) is 26.0 Å². The molecule has 0 spiro atoms. The molecule has 28 heavy (non-hydrogen) atoms. The molecule has 2 N–H and O–H groups in total. The van der Waals surface area contributed by atoms with E-state index in [1.807, 2.05) is 0 Å². The van der Waals surface area contributed by atoms with Crippen LogP contribution in [0.5, 0.6) is 0 Å². The first-order chi connectivity index (χ1) is 13.2. The van der Waals surface area contributed by atoms with Crippen molar-refractivity contribution >= 4 is 62.3 Å². The number of carboxylic acids is 1. The highest BCUT2D eigenvalue weighted by molar-refractivity contribution is 7.20. The lowest BCUT2D eigenvalue weighted by atomic mass is 10.1. The number of aryl methyl sites for hydroxylation is 1. The number of halogens is 2. The Morgan fingerprint density at radius 3 is 2.68 bits per heavy atom.